The second-order valence-electron chi connectivity index (χ2n) is 12.0. The summed E-state index contributed by atoms with van der Waals surface area (Å²) in [5, 5.41) is 0. The Hall–Kier alpha value is -5.75. The van der Waals surface area contributed by atoms with Crippen molar-refractivity contribution in [2.45, 2.75) is 13.8 Å². The predicted molar refractivity (Wildman–Crippen MR) is 179 cm³/mol. The van der Waals surface area contributed by atoms with Crippen molar-refractivity contribution in [3.63, 3.8) is 0 Å². The zero-order valence-corrected chi connectivity index (χ0v) is 25.1. The lowest BCUT2D eigenvalue weighted by atomic mass is 9.32. The third-order valence-electron chi connectivity index (χ3n) is 9.57. The van der Waals surface area contributed by atoms with Crippen LogP contribution < -0.4 is 50.3 Å². The van der Waals surface area contributed by atoms with Crippen molar-refractivity contribution in [3.8, 4) is 46.0 Å². The predicted octanol–water partition coefficient (Wildman–Crippen LogP) is 5.98. The van der Waals surface area contributed by atoms with Gasteiger partial charge in [0.15, 0.2) is 0 Å². The second-order valence-corrected chi connectivity index (χ2v) is 12.0. The molecule has 0 aliphatic carbocycles. The van der Waals surface area contributed by atoms with Crippen LogP contribution in [0.3, 0.4) is 0 Å². The van der Waals surface area contributed by atoms with Gasteiger partial charge >= 0.3 is 0 Å². The first-order valence-corrected chi connectivity index (χ1v) is 15.3. The van der Waals surface area contributed by atoms with Crippen molar-refractivity contribution < 1.29 is 28.4 Å². The van der Waals surface area contributed by atoms with Crippen molar-refractivity contribution >= 4 is 40.8 Å². The lowest BCUT2D eigenvalue weighted by molar-refractivity contribution is 0.391. The molecule has 0 fully saturated rings. The molecule has 46 heavy (non-hydrogen) atoms. The van der Waals surface area contributed by atoms with Crippen molar-refractivity contribution in [2.24, 2.45) is 0 Å². The Bertz CT molecular complexity index is 2290. The molecule has 6 aliphatic heterocycles. The molecule has 4 aromatic carbocycles. The number of hydrogen-bond acceptors (Lipinski definition) is 6. The fourth-order valence-electron chi connectivity index (χ4n) is 7.80. The molecular weight excluding hydrogens is 574 g/mol. The van der Waals surface area contributed by atoms with Gasteiger partial charge in [0.25, 0.3) is 13.4 Å². The van der Waals surface area contributed by atoms with Crippen LogP contribution in [-0.4, -0.2) is 13.4 Å². The summed E-state index contributed by atoms with van der Waals surface area (Å²) in [6.07, 6.45) is 5.75. The van der Waals surface area contributed by atoms with Gasteiger partial charge in [-0.1, -0.05) is 43.5 Å². The number of rotatable bonds is 3. The van der Waals surface area contributed by atoms with Crippen LogP contribution in [-0.2, 0) is 0 Å². The molecule has 10 rings (SSSR count). The molecule has 0 N–H and O–H groups in total. The van der Waals surface area contributed by atoms with Crippen LogP contribution >= 0.6 is 0 Å². The fraction of sp³-hybridized carbons (Fsp3) is 0.0526. The number of hydrogen-bond donors (Lipinski definition) is 0. The summed E-state index contributed by atoms with van der Waals surface area (Å²) in [6, 6.07) is 21.8. The summed E-state index contributed by atoms with van der Waals surface area (Å²) in [6.45, 7) is 12.3. The highest BCUT2D eigenvalue weighted by Crippen LogP contribution is 2.48. The maximum atomic E-state index is 6.82. The Balaban J connectivity index is 1.24. The van der Waals surface area contributed by atoms with Crippen LogP contribution in [0.4, 0.5) is 0 Å². The fourth-order valence-corrected chi connectivity index (χ4v) is 7.80. The first-order valence-electron chi connectivity index (χ1n) is 15.3. The summed E-state index contributed by atoms with van der Waals surface area (Å²) >= 11 is 0. The van der Waals surface area contributed by atoms with E-state index in [0.29, 0.717) is 23.0 Å². The molecule has 0 spiro atoms. The summed E-state index contributed by atoms with van der Waals surface area (Å²) in [7, 11) is 0. The molecule has 6 nitrogen and oxygen atoms in total. The maximum absolute atomic E-state index is 6.82. The summed E-state index contributed by atoms with van der Waals surface area (Å²) in [5.41, 5.74) is 7.30. The van der Waals surface area contributed by atoms with Crippen molar-refractivity contribution in [1.29, 1.82) is 0 Å². The Labute approximate surface area is 266 Å². The minimum Gasteiger partial charge on any atom is -0.463 e. The van der Waals surface area contributed by atoms with E-state index in [1.807, 2.05) is 98.8 Å². The van der Waals surface area contributed by atoms with E-state index < -0.39 is 0 Å². The van der Waals surface area contributed by atoms with Gasteiger partial charge in [0, 0.05) is 43.9 Å². The highest BCUT2D eigenvalue weighted by atomic mass is 16.5. The average Bonchev–Trinajstić information content (AvgIpc) is 3.06. The number of benzene rings is 4. The molecule has 0 atom stereocenters. The highest BCUT2D eigenvalue weighted by molar-refractivity contribution is 6.95. The molecular formula is C38H24B2O6. The molecule has 8 heteroatoms. The van der Waals surface area contributed by atoms with Crippen molar-refractivity contribution in [3.05, 3.63) is 138 Å². The first-order chi connectivity index (χ1) is 22.6. The van der Waals surface area contributed by atoms with Gasteiger partial charge in [-0.05, 0) is 68.5 Å². The zero-order chi connectivity index (χ0) is 30.8. The van der Waals surface area contributed by atoms with Gasteiger partial charge in [0.1, 0.15) is 63.3 Å². The molecule has 0 saturated heterocycles. The van der Waals surface area contributed by atoms with Gasteiger partial charge in [-0.3, -0.25) is 0 Å². The van der Waals surface area contributed by atoms with E-state index in [4.69, 9.17) is 28.4 Å². The van der Waals surface area contributed by atoms with Gasteiger partial charge in [-0.2, -0.15) is 0 Å². The Morgan fingerprint density at radius 3 is 1.78 bits per heavy atom. The maximum Gasteiger partial charge on any atom is 0.270 e. The molecule has 0 saturated carbocycles. The summed E-state index contributed by atoms with van der Waals surface area (Å²) in [4.78, 5) is 0. The van der Waals surface area contributed by atoms with Gasteiger partial charge in [-0.15, -0.1) is 0 Å². The van der Waals surface area contributed by atoms with Gasteiger partial charge < -0.3 is 28.4 Å². The second kappa shape index (κ2) is 8.92. The quantitative estimate of drug-likeness (QED) is 0.271. The van der Waals surface area contributed by atoms with E-state index in [9.17, 15) is 0 Å². The van der Waals surface area contributed by atoms with E-state index in [1.54, 1.807) is 0 Å². The topological polar surface area (TPSA) is 55.4 Å². The van der Waals surface area contributed by atoms with E-state index in [0.717, 1.165) is 89.9 Å². The minimum absolute atomic E-state index is 0.130. The van der Waals surface area contributed by atoms with Gasteiger partial charge in [0.05, 0.1) is 5.76 Å². The largest absolute Gasteiger partial charge is 0.463 e. The van der Waals surface area contributed by atoms with Crippen LogP contribution in [0.5, 0.6) is 46.0 Å². The van der Waals surface area contributed by atoms with Crippen LogP contribution in [0.15, 0.2) is 132 Å². The minimum atomic E-state index is -0.179. The Morgan fingerprint density at radius 2 is 1.17 bits per heavy atom. The first kappa shape index (κ1) is 25.6. The molecule has 0 amide bonds. The van der Waals surface area contributed by atoms with E-state index in [1.165, 1.54) is 0 Å². The van der Waals surface area contributed by atoms with Gasteiger partial charge in [-0.25, -0.2) is 0 Å². The zero-order valence-electron chi connectivity index (χ0n) is 25.1. The lowest BCUT2D eigenvalue weighted by Gasteiger charge is -2.40. The molecule has 0 bridgehead atoms. The smallest absolute Gasteiger partial charge is 0.270 e. The van der Waals surface area contributed by atoms with Crippen molar-refractivity contribution in [1.82, 2.24) is 0 Å². The van der Waals surface area contributed by atoms with Crippen LogP contribution in [0.2, 0.25) is 0 Å². The van der Waals surface area contributed by atoms with Crippen molar-refractivity contribution in [2.75, 3.05) is 0 Å². The van der Waals surface area contributed by atoms with E-state index in [-0.39, 0.29) is 13.4 Å². The number of allylic oxidation sites excluding steroid dienone is 7. The molecule has 0 aromatic heterocycles. The van der Waals surface area contributed by atoms with Gasteiger partial charge in [0.2, 0.25) is 0 Å². The van der Waals surface area contributed by atoms with Crippen LogP contribution in [0.25, 0.3) is 5.57 Å². The van der Waals surface area contributed by atoms with Crippen LogP contribution in [0.1, 0.15) is 19.4 Å². The Morgan fingerprint density at radius 1 is 0.630 bits per heavy atom. The third-order valence-corrected chi connectivity index (χ3v) is 9.57. The average molecular weight is 598 g/mol. The lowest BCUT2D eigenvalue weighted by Crippen LogP contribution is -2.55. The standard InChI is InChI=1S/C38H24B2O6/c1-5-10-23-31-19(3)42-38-22(17-18-30-36(38)39(31)34-26(43-23)13-8-14-27(34)45-30)21(6-2)37-32-20(4)41-24-11-7-12-25-33(24)40(32)35-28(44-25)15-9-16-29(35)46-37/h5-18H,2-3H2,1,4H3/b10-5-,37-21-. The summed E-state index contributed by atoms with van der Waals surface area (Å²) in [5.74, 6) is 8.66. The highest BCUT2D eigenvalue weighted by Gasteiger charge is 2.50. The van der Waals surface area contributed by atoms with Crippen LogP contribution in [0, 0.1) is 0 Å². The molecule has 218 valence electrons. The normalized spacial score (nSPS) is 18.0. The molecule has 0 unspecified atom stereocenters. The SMILES string of the molecule is C=C/C(=C1/Oc2cccc3c2B2C1=C(C)Oc1cccc(c12)O3)c1ccc2c3c1OC(=C)C1=C(/C=C\C)Oc4cccc(c4B13)O2. The third kappa shape index (κ3) is 3.13. The van der Waals surface area contributed by atoms with E-state index >= 15 is 0 Å². The molecule has 6 heterocycles. The summed E-state index contributed by atoms with van der Waals surface area (Å²) < 4.78 is 39.2. The molecule has 4 aromatic rings. The number of ether oxygens (including phenoxy) is 6. The van der Waals surface area contributed by atoms with E-state index in [2.05, 4.69) is 13.2 Å². The monoisotopic (exact) mass is 598 g/mol. The molecule has 0 radical (unpaired) electrons. The molecule has 6 aliphatic rings. The Kier molecular flexibility index (Phi) is 4.96.